The number of carbonyl (C=O) groups is 1. The predicted octanol–water partition coefficient (Wildman–Crippen LogP) is -0.383. The van der Waals surface area contributed by atoms with Crippen LogP contribution in [0.4, 0.5) is 0 Å². The summed E-state index contributed by atoms with van der Waals surface area (Å²) in [6.07, 6.45) is 0. The Morgan fingerprint density at radius 3 is 2.35 bits per heavy atom. The number of pyridine rings is 1. The van der Waals surface area contributed by atoms with Crippen molar-refractivity contribution in [2.45, 2.75) is 33.4 Å². The second-order valence-electron chi connectivity index (χ2n) is 4.21. The average Bonchev–Trinajstić information content (AvgIpc) is 2.21. The summed E-state index contributed by atoms with van der Waals surface area (Å²) in [5, 5.41) is 9.90. The van der Waals surface area contributed by atoms with E-state index in [-0.39, 0.29) is 23.7 Å². The van der Waals surface area contributed by atoms with Crippen molar-refractivity contribution < 1.29 is 9.90 Å². The Bertz CT molecular complexity index is 518. The molecular formula is C11H17N3O3. The van der Waals surface area contributed by atoms with Gasteiger partial charge in [0, 0.05) is 18.2 Å². The first kappa shape index (κ1) is 13.2. The number of aromatic nitrogens is 1. The van der Waals surface area contributed by atoms with E-state index in [4.69, 9.17) is 11.5 Å². The molecule has 0 aromatic carbocycles. The van der Waals surface area contributed by atoms with Crippen LogP contribution in [0.3, 0.4) is 0 Å². The van der Waals surface area contributed by atoms with E-state index in [1.165, 1.54) is 0 Å². The molecule has 0 spiro atoms. The highest BCUT2D eigenvalue weighted by molar-refractivity contribution is 5.96. The Hall–Kier alpha value is -1.82. The minimum atomic E-state index is -0.762. The topological polar surface area (TPSA) is 111 Å². The van der Waals surface area contributed by atoms with Crippen LogP contribution in [0, 0.1) is 13.8 Å². The molecule has 17 heavy (non-hydrogen) atoms. The van der Waals surface area contributed by atoms with Crippen molar-refractivity contribution in [3.05, 3.63) is 27.0 Å². The lowest BCUT2D eigenvalue weighted by atomic mass is 10.1. The number of nitrogens with zero attached hydrogens (tertiary/aromatic N) is 1. The van der Waals surface area contributed by atoms with Gasteiger partial charge in [0.25, 0.3) is 11.5 Å². The van der Waals surface area contributed by atoms with E-state index in [0.29, 0.717) is 11.1 Å². The van der Waals surface area contributed by atoms with Gasteiger partial charge in [0.1, 0.15) is 5.56 Å². The Balaban J connectivity index is 3.62. The summed E-state index contributed by atoms with van der Waals surface area (Å²) >= 11 is 0. The fourth-order valence-electron chi connectivity index (χ4n) is 1.70. The van der Waals surface area contributed by atoms with Crippen molar-refractivity contribution in [1.82, 2.24) is 4.57 Å². The van der Waals surface area contributed by atoms with Gasteiger partial charge in [-0.3, -0.25) is 14.2 Å². The zero-order valence-corrected chi connectivity index (χ0v) is 10.2. The number of rotatable bonds is 3. The first-order valence-electron chi connectivity index (χ1n) is 5.25. The van der Waals surface area contributed by atoms with E-state index in [2.05, 4.69) is 0 Å². The van der Waals surface area contributed by atoms with Crippen molar-refractivity contribution >= 4 is 5.91 Å². The van der Waals surface area contributed by atoms with Gasteiger partial charge in [0.2, 0.25) is 5.88 Å². The van der Waals surface area contributed by atoms with E-state index in [1.54, 1.807) is 20.8 Å². The number of aromatic hydroxyl groups is 1. The normalized spacial score (nSPS) is 12.5. The van der Waals surface area contributed by atoms with Crippen LogP contribution < -0.4 is 17.0 Å². The third-order valence-corrected chi connectivity index (χ3v) is 2.70. The lowest BCUT2D eigenvalue weighted by Crippen LogP contribution is -2.33. The number of nitrogens with two attached hydrogens (primary N) is 2. The highest BCUT2D eigenvalue weighted by Gasteiger charge is 2.20. The van der Waals surface area contributed by atoms with Crippen LogP contribution in [0.2, 0.25) is 0 Å². The maximum Gasteiger partial charge on any atom is 0.256 e. The van der Waals surface area contributed by atoms with Gasteiger partial charge >= 0.3 is 0 Å². The molecule has 0 saturated heterocycles. The van der Waals surface area contributed by atoms with Gasteiger partial charge in [-0.05, 0) is 26.3 Å². The van der Waals surface area contributed by atoms with E-state index < -0.39 is 11.8 Å². The van der Waals surface area contributed by atoms with Crippen molar-refractivity contribution in [3.8, 4) is 5.88 Å². The fraction of sp³-hybridized carbons (Fsp3) is 0.455. The Morgan fingerprint density at radius 2 is 1.94 bits per heavy atom. The Labute approximate surface area is 98.8 Å². The minimum Gasteiger partial charge on any atom is -0.494 e. The standard InChI is InChI=1S/C11H17N3O3/c1-5(12)4-14-10(16)7(3)6(2)8(9(13)15)11(14)17/h5,17H,4,12H2,1-3H3,(H2,13,15). The average molecular weight is 239 g/mol. The predicted molar refractivity (Wildman–Crippen MR) is 64.0 cm³/mol. The number of amides is 1. The molecule has 1 amide bonds. The zero-order valence-electron chi connectivity index (χ0n) is 10.2. The van der Waals surface area contributed by atoms with Crippen LogP contribution in [0.25, 0.3) is 0 Å². The second kappa shape index (κ2) is 4.58. The summed E-state index contributed by atoms with van der Waals surface area (Å²) in [5.74, 6) is -1.18. The number of primary amides is 1. The maximum absolute atomic E-state index is 11.9. The number of hydrogen-bond acceptors (Lipinski definition) is 4. The van der Waals surface area contributed by atoms with Gasteiger partial charge in [-0.15, -0.1) is 0 Å². The first-order valence-corrected chi connectivity index (χ1v) is 5.25. The van der Waals surface area contributed by atoms with Crippen molar-refractivity contribution in [1.29, 1.82) is 0 Å². The van der Waals surface area contributed by atoms with Gasteiger partial charge < -0.3 is 16.6 Å². The molecule has 1 rings (SSSR count). The van der Waals surface area contributed by atoms with Crippen molar-refractivity contribution in [3.63, 3.8) is 0 Å². The molecule has 94 valence electrons. The molecule has 5 N–H and O–H groups in total. The van der Waals surface area contributed by atoms with Gasteiger partial charge in [-0.25, -0.2) is 0 Å². The molecule has 1 aromatic heterocycles. The number of carbonyl (C=O) groups excluding carboxylic acids is 1. The van der Waals surface area contributed by atoms with Crippen LogP contribution in [-0.4, -0.2) is 21.6 Å². The molecule has 0 aliphatic heterocycles. The van der Waals surface area contributed by atoms with Gasteiger partial charge in [-0.1, -0.05) is 0 Å². The Morgan fingerprint density at radius 1 is 1.41 bits per heavy atom. The SMILES string of the molecule is Cc1c(C(N)=O)c(O)n(CC(C)N)c(=O)c1C. The molecule has 0 bridgehead atoms. The van der Waals surface area contributed by atoms with Gasteiger partial charge in [-0.2, -0.15) is 0 Å². The van der Waals surface area contributed by atoms with Crippen LogP contribution in [0.15, 0.2) is 4.79 Å². The van der Waals surface area contributed by atoms with Crippen molar-refractivity contribution in [2.24, 2.45) is 11.5 Å². The van der Waals surface area contributed by atoms with E-state index in [9.17, 15) is 14.7 Å². The van der Waals surface area contributed by atoms with Gasteiger partial charge in [0.05, 0.1) is 0 Å². The molecule has 0 fully saturated rings. The highest BCUT2D eigenvalue weighted by atomic mass is 16.3. The lowest BCUT2D eigenvalue weighted by molar-refractivity contribution is 0.0995. The highest BCUT2D eigenvalue weighted by Crippen LogP contribution is 2.20. The van der Waals surface area contributed by atoms with E-state index in [0.717, 1.165) is 4.57 Å². The van der Waals surface area contributed by atoms with Crippen LogP contribution >= 0.6 is 0 Å². The van der Waals surface area contributed by atoms with Crippen LogP contribution in [0.5, 0.6) is 5.88 Å². The molecule has 1 heterocycles. The van der Waals surface area contributed by atoms with E-state index in [1.807, 2.05) is 0 Å². The second-order valence-corrected chi connectivity index (χ2v) is 4.21. The smallest absolute Gasteiger partial charge is 0.256 e. The van der Waals surface area contributed by atoms with Crippen LogP contribution in [0.1, 0.15) is 28.4 Å². The first-order chi connectivity index (χ1) is 7.77. The summed E-state index contributed by atoms with van der Waals surface area (Å²) in [6, 6.07) is -0.318. The maximum atomic E-state index is 11.9. The van der Waals surface area contributed by atoms with E-state index >= 15 is 0 Å². The molecule has 0 radical (unpaired) electrons. The summed E-state index contributed by atoms with van der Waals surface area (Å²) in [5.41, 5.74) is 11.2. The minimum absolute atomic E-state index is 0.0252. The zero-order chi connectivity index (χ0) is 13.3. The molecule has 6 nitrogen and oxygen atoms in total. The molecule has 6 heteroatoms. The summed E-state index contributed by atoms with van der Waals surface area (Å²) in [7, 11) is 0. The molecular weight excluding hydrogens is 222 g/mol. The molecule has 0 saturated carbocycles. The number of hydrogen-bond donors (Lipinski definition) is 3. The lowest BCUT2D eigenvalue weighted by Gasteiger charge is -2.16. The summed E-state index contributed by atoms with van der Waals surface area (Å²) in [6.45, 7) is 4.99. The summed E-state index contributed by atoms with van der Waals surface area (Å²) < 4.78 is 1.08. The molecule has 1 unspecified atom stereocenters. The van der Waals surface area contributed by atoms with Crippen molar-refractivity contribution in [2.75, 3.05) is 0 Å². The molecule has 1 aromatic rings. The molecule has 0 aliphatic rings. The molecule has 0 aliphatic carbocycles. The third kappa shape index (κ3) is 2.31. The fourth-order valence-corrected chi connectivity index (χ4v) is 1.70. The molecule has 1 atom stereocenters. The van der Waals surface area contributed by atoms with Crippen LogP contribution in [-0.2, 0) is 6.54 Å². The summed E-state index contributed by atoms with van der Waals surface area (Å²) in [4.78, 5) is 23.2. The Kier molecular flexibility index (Phi) is 3.57. The van der Waals surface area contributed by atoms with Gasteiger partial charge in [0.15, 0.2) is 0 Å². The quantitative estimate of drug-likeness (QED) is 0.667. The monoisotopic (exact) mass is 239 g/mol. The largest absolute Gasteiger partial charge is 0.494 e. The third-order valence-electron chi connectivity index (χ3n) is 2.70.